The first-order valence-electron chi connectivity index (χ1n) is 17.1. The molecule has 2 aromatic rings. The number of aliphatic hydroxyl groups excluding tert-OH is 1. The highest BCUT2D eigenvalue weighted by Crippen LogP contribution is 2.12. The molecule has 3 rings (SSSR count). The topological polar surface area (TPSA) is 269 Å². The van der Waals surface area contributed by atoms with Gasteiger partial charge in [0.25, 0.3) is 0 Å². The Bertz CT molecular complexity index is 1640. The van der Waals surface area contributed by atoms with Crippen molar-refractivity contribution in [2.75, 3.05) is 0 Å². The summed E-state index contributed by atoms with van der Waals surface area (Å²) in [5.41, 5.74) is 1.21. The zero-order valence-corrected chi connectivity index (χ0v) is 29.5. The van der Waals surface area contributed by atoms with Crippen LogP contribution in [0.5, 0.6) is 0 Å². The molecule has 1 aliphatic rings. The third kappa shape index (κ3) is 13.3. The molecule has 1 saturated heterocycles. The van der Waals surface area contributed by atoms with E-state index < -0.39 is 103 Å². The fourth-order valence-corrected chi connectivity index (χ4v) is 5.60. The van der Waals surface area contributed by atoms with E-state index in [4.69, 9.17) is 0 Å². The first-order chi connectivity index (χ1) is 25.0. The Labute approximate surface area is 305 Å². The molecule has 0 radical (unpaired) electrons. The number of hydrogen-bond donors (Lipinski definition) is 9. The number of carboxylic acid groups (broad SMARTS) is 2. The molecule has 17 nitrogen and oxygen atoms in total. The first-order valence-corrected chi connectivity index (χ1v) is 17.1. The van der Waals surface area contributed by atoms with Crippen LogP contribution in [0.25, 0.3) is 0 Å². The summed E-state index contributed by atoms with van der Waals surface area (Å²) in [6, 6.07) is 7.51. The van der Waals surface area contributed by atoms with Crippen LogP contribution in [0.1, 0.15) is 51.2 Å². The number of aliphatic hydroxyl groups is 1. The summed E-state index contributed by atoms with van der Waals surface area (Å²) in [6.07, 6.45) is -3.77. The predicted molar refractivity (Wildman–Crippen MR) is 188 cm³/mol. The molecule has 0 unspecified atom stereocenters. The van der Waals surface area contributed by atoms with Crippen LogP contribution >= 0.6 is 0 Å². The van der Waals surface area contributed by atoms with Gasteiger partial charge in [0.1, 0.15) is 36.3 Å². The summed E-state index contributed by atoms with van der Waals surface area (Å²) in [5.74, 6) is -9.34. The second-order valence-corrected chi connectivity index (χ2v) is 13.2. The summed E-state index contributed by atoms with van der Waals surface area (Å²) in [5, 5.41) is 44.0. The van der Waals surface area contributed by atoms with Gasteiger partial charge in [-0.15, -0.1) is 0 Å². The van der Waals surface area contributed by atoms with Gasteiger partial charge in [-0.25, -0.2) is 0 Å². The van der Waals surface area contributed by atoms with Gasteiger partial charge in [-0.1, -0.05) is 74.5 Å². The molecule has 1 fully saturated rings. The number of benzene rings is 2. The Kier molecular flexibility index (Phi) is 15.4. The van der Waals surface area contributed by atoms with Crippen molar-refractivity contribution in [2.45, 2.75) is 95.2 Å². The molecular weight excluding hydrogens is 692 g/mol. The lowest BCUT2D eigenvalue weighted by Gasteiger charge is -2.29. The lowest BCUT2D eigenvalue weighted by Crippen LogP contribution is -2.63. The lowest BCUT2D eigenvalue weighted by atomic mass is 9.99. The molecule has 53 heavy (non-hydrogen) atoms. The van der Waals surface area contributed by atoms with Crippen molar-refractivity contribution in [3.05, 3.63) is 71.8 Å². The van der Waals surface area contributed by atoms with E-state index in [0.717, 1.165) is 6.92 Å². The summed E-state index contributed by atoms with van der Waals surface area (Å²) in [6.45, 7) is 4.62. The Morgan fingerprint density at radius 3 is 1.26 bits per heavy atom. The highest BCUT2D eigenvalue weighted by molar-refractivity contribution is 5.99. The summed E-state index contributed by atoms with van der Waals surface area (Å²) in [4.78, 5) is 106. The van der Waals surface area contributed by atoms with E-state index in [-0.39, 0.29) is 25.2 Å². The van der Waals surface area contributed by atoms with Gasteiger partial charge in [-0.05, 0) is 30.4 Å². The fraction of sp³-hybridized carbons (Fsp3) is 0.444. The average molecular weight is 739 g/mol. The number of amides is 6. The van der Waals surface area contributed by atoms with Gasteiger partial charge < -0.3 is 47.2 Å². The standard InChI is InChI=1S/C36H46N6O11/c1-19(2)14-23-31(48)40-27(18-29(46)47)35(52)42-30(20(3)43)36(53)41-26(17-28(44)45)34(51)39-25(16-22-12-8-5-9-13-22)33(50)38-24(32(49)37-23)15-21-10-6-4-7-11-21/h4-13,19-20,23-27,30,43H,14-18H2,1-3H3,(H,37,49)(H,38,50)(H,39,51)(H,40,48)(H,41,53)(H,42,52)(H,44,45)(H,46,47)/t20-,23+,24-,25-,26-,27-,30+/m1/s1. The van der Waals surface area contributed by atoms with Crippen molar-refractivity contribution >= 4 is 47.4 Å². The van der Waals surface area contributed by atoms with E-state index in [1.165, 1.54) is 0 Å². The quantitative estimate of drug-likeness (QED) is 0.132. The molecule has 1 aliphatic heterocycles. The number of aliphatic carboxylic acids is 2. The Hall–Kier alpha value is -5.84. The molecule has 9 N–H and O–H groups in total. The number of hydrogen-bond acceptors (Lipinski definition) is 9. The number of carbonyl (C=O) groups excluding carboxylic acids is 6. The van der Waals surface area contributed by atoms with Gasteiger partial charge >= 0.3 is 11.9 Å². The summed E-state index contributed by atoms with van der Waals surface area (Å²) in [7, 11) is 0. The van der Waals surface area contributed by atoms with Crippen LogP contribution in [0, 0.1) is 5.92 Å². The van der Waals surface area contributed by atoms with E-state index in [2.05, 4.69) is 31.9 Å². The molecule has 2 aromatic carbocycles. The van der Waals surface area contributed by atoms with Crippen molar-refractivity contribution in [3.63, 3.8) is 0 Å². The van der Waals surface area contributed by atoms with Gasteiger partial charge in [0.2, 0.25) is 35.4 Å². The van der Waals surface area contributed by atoms with Crippen molar-refractivity contribution in [2.24, 2.45) is 5.92 Å². The molecule has 0 aliphatic carbocycles. The molecule has 286 valence electrons. The summed E-state index contributed by atoms with van der Waals surface area (Å²) < 4.78 is 0. The van der Waals surface area contributed by atoms with Gasteiger partial charge in [-0.3, -0.25) is 38.4 Å². The van der Waals surface area contributed by atoms with Gasteiger partial charge in [0.15, 0.2) is 0 Å². The predicted octanol–water partition coefficient (Wildman–Crippen LogP) is -1.23. The van der Waals surface area contributed by atoms with Crippen LogP contribution in [0.4, 0.5) is 0 Å². The Morgan fingerprint density at radius 1 is 0.528 bits per heavy atom. The third-order valence-corrected chi connectivity index (χ3v) is 8.26. The molecule has 0 saturated carbocycles. The van der Waals surface area contributed by atoms with E-state index >= 15 is 0 Å². The Morgan fingerprint density at radius 2 is 0.868 bits per heavy atom. The average Bonchev–Trinajstić information content (AvgIpc) is 3.08. The van der Waals surface area contributed by atoms with Crippen LogP contribution in [-0.2, 0) is 51.2 Å². The van der Waals surface area contributed by atoms with Crippen molar-refractivity contribution in [3.8, 4) is 0 Å². The SMILES string of the molecule is CC(C)C[C@@H]1NC(=O)[C@@H](Cc2ccccc2)NC(=O)[C@@H](Cc2ccccc2)NC(=O)[C@@H](CC(=O)O)NC(=O)[C@H]([C@@H](C)O)NC(=O)[C@@H](CC(=O)O)NC1=O. The van der Waals surface area contributed by atoms with Gasteiger partial charge in [0.05, 0.1) is 18.9 Å². The normalized spacial score (nSPS) is 24.2. The van der Waals surface area contributed by atoms with E-state index in [0.29, 0.717) is 11.1 Å². The van der Waals surface area contributed by atoms with Crippen molar-refractivity contribution in [1.29, 1.82) is 0 Å². The second kappa shape index (κ2) is 19.7. The van der Waals surface area contributed by atoms with Crippen LogP contribution in [0.3, 0.4) is 0 Å². The second-order valence-electron chi connectivity index (χ2n) is 13.2. The highest BCUT2D eigenvalue weighted by Gasteiger charge is 2.37. The molecule has 0 spiro atoms. The van der Waals surface area contributed by atoms with E-state index in [1.807, 2.05) is 0 Å². The molecular formula is C36H46N6O11. The maximum Gasteiger partial charge on any atom is 0.305 e. The fourth-order valence-electron chi connectivity index (χ4n) is 5.60. The van der Waals surface area contributed by atoms with E-state index in [9.17, 15) is 53.7 Å². The lowest BCUT2D eigenvalue weighted by molar-refractivity contribution is -0.142. The molecule has 7 atom stereocenters. The number of carboxylic acids is 2. The van der Waals surface area contributed by atoms with Crippen LogP contribution in [0.2, 0.25) is 0 Å². The number of rotatable bonds is 11. The minimum atomic E-state index is -1.85. The van der Waals surface area contributed by atoms with Crippen LogP contribution in [0.15, 0.2) is 60.7 Å². The monoisotopic (exact) mass is 738 g/mol. The van der Waals surface area contributed by atoms with Crippen molar-refractivity contribution < 1.29 is 53.7 Å². The smallest absolute Gasteiger partial charge is 0.305 e. The maximum atomic E-state index is 14.0. The number of carbonyl (C=O) groups is 8. The van der Waals surface area contributed by atoms with Gasteiger partial charge in [0, 0.05) is 12.8 Å². The molecule has 6 amide bonds. The van der Waals surface area contributed by atoms with E-state index in [1.54, 1.807) is 74.5 Å². The number of nitrogens with one attached hydrogen (secondary N) is 6. The Balaban J connectivity index is 2.15. The van der Waals surface area contributed by atoms with Gasteiger partial charge in [-0.2, -0.15) is 0 Å². The minimum absolute atomic E-state index is 0.0291. The molecule has 17 heteroatoms. The van der Waals surface area contributed by atoms with Crippen LogP contribution < -0.4 is 31.9 Å². The first kappa shape index (κ1) is 41.6. The third-order valence-electron chi connectivity index (χ3n) is 8.26. The zero-order valence-electron chi connectivity index (χ0n) is 29.5. The van der Waals surface area contributed by atoms with Crippen LogP contribution in [-0.4, -0.2) is 105 Å². The minimum Gasteiger partial charge on any atom is -0.481 e. The highest BCUT2D eigenvalue weighted by atomic mass is 16.4. The summed E-state index contributed by atoms with van der Waals surface area (Å²) >= 11 is 0. The molecule has 0 aromatic heterocycles. The van der Waals surface area contributed by atoms with Crippen molar-refractivity contribution in [1.82, 2.24) is 31.9 Å². The molecule has 0 bridgehead atoms. The zero-order chi connectivity index (χ0) is 39.2. The maximum absolute atomic E-state index is 14.0. The molecule has 1 heterocycles. The largest absolute Gasteiger partial charge is 0.481 e.